The van der Waals surface area contributed by atoms with Gasteiger partial charge in [-0.05, 0) is 26.7 Å². The van der Waals surface area contributed by atoms with Gasteiger partial charge in [0.15, 0.2) is 0 Å². The first-order valence-corrected chi connectivity index (χ1v) is 10.1. The lowest BCUT2D eigenvalue weighted by Gasteiger charge is -2.20. The lowest BCUT2D eigenvalue weighted by molar-refractivity contribution is -0.137. The molecule has 3 aromatic heterocycles. The molecule has 4 rings (SSSR count). The number of nitrogens with zero attached hydrogens (tertiary/aromatic N) is 7. The zero-order chi connectivity index (χ0) is 22.9. The van der Waals surface area contributed by atoms with Gasteiger partial charge in [0, 0.05) is 25.9 Å². The van der Waals surface area contributed by atoms with E-state index in [1.165, 1.54) is 7.11 Å². The maximum atomic E-state index is 13.4. The summed E-state index contributed by atoms with van der Waals surface area (Å²) in [6.45, 7) is 4.27. The Balaban J connectivity index is 1.65. The van der Waals surface area contributed by atoms with E-state index >= 15 is 0 Å². The van der Waals surface area contributed by atoms with Crippen molar-refractivity contribution in [1.29, 1.82) is 0 Å². The Bertz CT molecular complexity index is 1060. The molecule has 0 atom stereocenters. The first kappa shape index (κ1) is 22.0. The van der Waals surface area contributed by atoms with Crippen LogP contribution in [0.15, 0.2) is 24.7 Å². The Morgan fingerprint density at radius 3 is 2.53 bits per heavy atom. The molecule has 3 heterocycles. The lowest BCUT2D eigenvalue weighted by Crippen LogP contribution is -2.30. The van der Waals surface area contributed by atoms with Gasteiger partial charge < -0.3 is 15.4 Å². The van der Waals surface area contributed by atoms with Gasteiger partial charge in [0.2, 0.25) is 5.95 Å². The highest BCUT2D eigenvalue weighted by molar-refractivity contribution is 5.55. The summed E-state index contributed by atoms with van der Waals surface area (Å²) in [6.07, 6.45) is 1.29. The molecule has 1 fully saturated rings. The molecule has 1 saturated carbocycles. The van der Waals surface area contributed by atoms with E-state index in [1.807, 2.05) is 24.6 Å². The SMILES string of the molecule is COCCNc1nc(Nc2cc(C(C)(C)n3nccn3)nn2C2CC2)ncc1C(F)(F)F. The minimum Gasteiger partial charge on any atom is -0.383 e. The lowest BCUT2D eigenvalue weighted by atomic mass is 10.0. The summed E-state index contributed by atoms with van der Waals surface area (Å²) in [6, 6.07) is 2.03. The van der Waals surface area contributed by atoms with E-state index in [-0.39, 0.29) is 31.0 Å². The highest BCUT2D eigenvalue weighted by Gasteiger charge is 2.36. The van der Waals surface area contributed by atoms with Crippen molar-refractivity contribution in [3.63, 3.8) is 0 Å². The number of anilines is 3. The normalized spacial score (nSPS) is 14.6. The molecule has 0 aromatic carbocycles. The average Bonchev–Trinajstić information content (AvgIpc) is 3.24. The van der Waals surface area contributed by atoms with E-state index in [0.717, 1.165) is 19.0 Å². The smallest absolute Gasteiger partial charge is 0.383 e. The Kier molecular flexibility index (Phi) is 5.75. The molecule has 3 aromatic rings. The van der Waals surface area contributed by atoms with Crippen LogP contribution in [0.4, 0.5) is 30.8 Å². The standard InChI is InChI=1S/C19H24F3N9O/c1-18(2,31-25-6-7-26-31)14-10-15(30(29-14)12-4-5-12)27-17-24-11-13(19(20,21)22)16(28-17)23-8-9-32-3/h6-7,10-12H,4-5,8-9H2,1-3H3,(H2,23,24,27,28). The zero-order valence-corrected chi connectivity index (χ0v) is 17.9. The number of halogens is 3. The van der Waals surface area contributed by atoms with Crippen molar-refractivity contribution in [2.24, 2.45) is 0 Å². The minimum absolute atomic E-state index is 0.0290. The topological polar surface area (TPSA) is 108 Å². The predicted molar refractivity (Wildman–Crippen MR) is 110 cm³/mol. The summed E-state index contributed by atoms with van der Waals surface area (Å²) in [7, 11) is 1.47. The van der Waals surface area contributed by atoms with Gasteiger partial charge in [-0.3, -0.25) is 0 Å². The largest absolute Gasteiger partial charge is 0.421 e. The molecular weight excluding hydrogens is 427 g/mol. The third-order valence-corrected chi connectivity index (χ3v) is 5.11. The van der Waals surface area contributed by atoms with Crippen molar-refractivity contribution < 1.29 is 17.9 Å². The summed E-state index contributed by atoms with van der Waals surface area (Å²) in [5, 5.41) is 18.8. The molecule has 32 heavy (non-hydrogen) atoms. The fourth-order valence-electron chi connectivity index (χ4n) is 3.16. The number of nitrogens with one attached hydrogen (secondary N) is 2. The van der Waals surface area contributed by atoms with Crippen LogP contribution in [0.3, 0.4) is 0 Å². The molecule has 0 amide bonds. The Morgan fingerprint density at radius 1 is 1.19 bits per heavy atom. The van der Waals surface area contributed by atoms with Crippen LogP contribution in [0.25, 0.3) is 0 Å². The number of rotatable bonds is 9. The van der Waals surface area contributed by atoms with E-state index in [4.69, 9.17) is 9.84 Å². The molecule has 2 N–H and O–H groups in total. The molecule has 0 saturated heterocycles. The minimum atomic E-state index is -4.59. The summed E-state index contributed by atoms with van der Waals surface area (Å²) in [4.78, 5) is 9.51. The van der Waals surface area contributed by atoms with Crippen molar-refractivity contribution in [3.8, 4) is 0 Å². The quantitative estimate of drug-likeness (QED) is 0.478. The van der Waals surface area contributed by atoms with Crippen LogP contribution in [-0.2, 0) is 16.5 Å². The van der Waals surface area contributed by atoms with E-state index in [9.17, 15) is 13.2 Å². The van der Waals surface area contributed by atoms with Gasteiger partial charge in [0.1, 0.15) is 22.7 Å². The predicted octanol–water partition coefficient (Wildman–Crippen LogP) is 3.20. The molecule has 0 radical (unpaired) electrons. The molecule has 1 aliphatic carbocycles. The average molecular weight is 451 g/mol. The molecule has 1 aliphatic rings. The van der Waals surface area contributed by atoms with E-state index < -0.39 is 17.3 Å². The molecule has 0 aliphatic heterocycles. The number of ether oxygens (including phenoxy) is 1. The summed E-state index contributed by atoms with van der Waals surface area (Å²) >= 11 is 0. The number of aromatic nitrogens is 7. The van der Waals surface area contributed by atoms with Gasteiger partial charge in [-0.1, -0.05) is 0 Å². The summed E-state index contributed by atoms with van der Waals surface area (Å²) in [5.74, 6) is 0.303. The molecule has 172 valence electrons. The third-order valence-electron chi connectivity index (χ3n) is 5.11. The van der Waals surface area contributed by atoms with Gasteiger partial charge in [0.25, 0.3) is 0 Å². The van der Waals surface area contributed by atoms with E-state index in [2.05, 4.69) is 30.8 Å². The second-order valence-electron chi connectivity index (χ2n) is 7.97. The van der Waals surface area contributed by atoms with E-state index in [0.29, 0.717) is 11.5 Å². The van der Waals surface area contributed by atoms with Crippen molar-refractivity contribution in [3.05, 3.63) is 35.9 Å². The molecule has 0 unspecified atom stereocenters. The van der Waals surface area contributed by atoms with Crippen molar-refractivity contribution in [2.75, 3.05) is 30.9 Å². The van der Waals surface area contributed by atoms with Crippen LogP contribution in [0, 0.1) is 0 Å². The van der Waals surface area contributed by atoms with Crippen LogP contribution in [0.5, 0.6) is 0 Å². The molecule has 0 bridgehead atoms. The first-order valence-electron chi connectivity index (χ1n) is 10.1. The van der Waals surface area contributed by atoms with Crippen molar-refractivity contribution in [1.82, 2.24) is 34.7 Å². The number of alkyl halides is 3. The van der Waals surface area contributed by atoms with Crippen LogP contribution in [0.1, 0.15) is 44.0 Å². The highest BCUT2D eigenvalue weighted by Crippen LogP contribution is 2.39. The van der Waals surface area contributed by atoms with Crippen LogP contribution in [-0.4, -0.2) is 55.0 Å². The number of hydrogen-bond acceptors (Lipinski definition) is 8. The van der Waals surface area contributed by atoms with Gasteiger partial charge in [-0.25, -0.2) is 9.67 Å². The first-order chi connectivity index (χ1) is 15.2. The van der Waals surface area contributed by atoms with Crippen LogP contribution in [0.2, 0.25) is 0 Å². The van der Waals surface area contributed by atoms with E-state index in [1.54, 1.807) is 17.2 Å². The highest BCUT2D eigenvalue weighted by atomic mass is 19.4. The fraction of sp³-hybridized carbons (Fsp3) is 0.526. The molecular formula is C19H24F3N9O. The number of methoxy groups -OCH3 is 1. The second kappa shape index (κ2) is 8.37. The Hall–Kier alpha value is -3.22. The van der Waals surface area contributed by atoms with Gasteiger partial charge >= 0.3 is 6.18 Å². The second-order valence-corrected chi connectivity index (χ2v) is 7.97. The third kappa shape index (κ3) is 4.52. The summed E-state index contributed by atoms with van der Waals surface area (Å²) in [5.41, 5.74) is -0.872. The maximum Gasteiger partial charge on any atom is 0.421 e. The molecule has 10 nitrogen and oxygen atoms in total. The van der Waals surface area contributed by atoms with Crippen LogP contribution < -0.4 is 10.6 Å². The van der Waals surface area contributed by atoms with Gasteiger partial charge in [-0.15, -0.1) is 0 Å². The van der Waals surface area contributed by atoms with Gasteiger partial charge in [0.05, 0.1) is 30.7 Å². The number of hydrogen-bond donors (Lipinski definition) is 2. The molecule has 13 heteroatoms. The monoisotopic (exact) mass is 451 g/mol. The van der Waals surface area contributed by atoms with Crippen molar-refractivity contribution in [2.45, 2.75) is 44.4 Å². The summed E-state index contributed by atoms with van der Waals surface area (Å²) < 4.78 is 46.8. The Labute approximate surface area is 182 Å². The maximum absolute atomic E-state index is 13.4. The fourth-order valence-corrected chi connectivity index (χ4v) is 3.16. The molecule has 0 spiro atoms. The van der Waals surface area contributed by atoms with Crippen LogP contribution >= 0.6 is 0 Å². The zero-order valence-electron chi connectivity index (χ0n) is 17.9. The van der Waals surface area contributed by atoms with Crippen molar-refractivity contribution >= 4 is 17.6 Å². The van der Waals surface area contributed by atoms with Gasteiger partial charge in [-0.2, -0.15) is 38.2 Å². The Morgan fingerprint density at radius 2 is 1.91 bits per heavy atom.